The van der Waals surface area contributed by atoms with Gasteiger partial charge in [0.05, 0.1) is 12.4 Å². The van der Waals surface area contributed by atoms with E-state index in [1.54, 1.807) is 12.4 Å². The van der Waals surface area contributed by atoms with Crippen molar-refractivity contribution in [3.63, 3.8) is 0 Å². The Morgan fingerprint density at radius 1 is 0.952 bits per heavy atom. The molecule has 0 radical (unpaired) electrons. The maximum absolute atomic E-state index is 13.1. The first-order chi connectivity index (χ1) is 10.2. The van der Waals surface area contributed by atoms with Crippen LogP contribution in [0.4, 0.5) is 20.4 Å². The first-order valence-electron chi connectivity index (χ1n) is 6.92. The van der Waals surface area contributed by atoms with E-state index in [9.17, 15) is 8.78 Å². The Morgan fingerprint density at radius 3 is 2.19 bits per heavy atom. The van der Waals surface area contributed by atoms with Crippen molar-refractivity contribution in [1.82, 2.24) is 9.97 Å². The van der Waals surface area contributed by atoms with Gasteiger partial charge in [0.1, 0.15) is 23.3 Å². The molecule has 21 heavy (non-hydrogen) atoms. The van der Waals surface area contributed by atoms with Gasteiger partial charge in [0.15, 0.2) is 0 Å². The maximum atomic E-state index is 13.1. The highest BCUT2D eigenvalue weighted by Crippen LogP contribution is 2.10. The van der Waals surface area contributed by atoms with Gasteiger partial charge in [-0.1, -0.05) is 6.92 Å². The van der Waals surface area contributed by atoms with Gasteiger partial charge < -0.3 is 10.6 Å². The smallest absolute Gasteiger partial charge is 0.146 e. The number of rotatable bonds is 7. The van der Waals surface area contributed by atoms with E-state index in [-0.39, 0.29) is 0 Å². The maximum Gasteiger partial charge on any atom is 0.146 e. The van der Waals surface area contributed by atoms with E-state index in [0.717, 1.165) is 19.0 Å². The van der Waals surface area contributed by atoms with Crippen molar-refractivity contribution in [3.05, 3.63) is 47.8 Å². The number of anilines is 2. The molecule has 2 N–H and O–H groups in total. The summed E-state index contributed by atoms with van der Waals surface area (Å²) < 4.78 is 26.1. The van der Waals surface area contributed by atoms with Crippen molar-refractivity contribution in [3.8, 4) is 0 Å². The predicted octanol–water partition coefficient (Wildman–Crippen LogP) is 3.23. The fourth-order valence-corrected chi connectivity index (χ4v) is 1.88. The van der Waals surface area contributed by atoms with E-state index in [1.807, 2.05) is 0 Å². The highest BCUT2D eigenvalue weighted by Gasteiger charge is 2.02. The zero-order valence-electron chi connectivity index (χ0n) is 11.9. The highest BCUT2D eigenvalue weighted by molar-refractivity contribution is 5.41. The largest absolute Gasteiger partial charge is 0.369 e. The standard InChI is InChI=1S/C15H18F2N4/c1-2-4-19-14-9-18-10-15(21-14)20-5-3-11-6-12(16)8-13(17)7-11/h6-10H,2-5H2,1H3,(H2,19,20,21). The van der Waals surface area contributed by atoms with Crippen molar-refractivity contribution in [1.29, 1.82) is 0 Å². The summed E-state index contributed by atoms with van der Waals surface area (Å²) in [5.41, 5.74) is 0.605. The fraction of sp³-hybridized carbons (Fsp3) is 0.333. The zero-order valence-corrected chi connectivity index (χ0v) is 11.9. The van der Waals surface area contributed by atoms with Gasteiger partial charge >= 0.3 is 0 Å². The molecule has 4 nitrogen and oxygen atoms in total. The molecule has 0 aliphatic carbocycles. The minimum atomic E-state index is -0.560. The predicted molar refractivity (Wildman–Crippen MR) is 79.4 cm³/mol. The Bertz CT molecular complexity index is 569. The lowest BCUT2D eigenvalue weighted by Crippen LogP contribution is -2.09. The molecule has 1 heterocycles. The number of aromatic nitrogens is 2. The molecular weight excluding hydrogens is 274 g/mol. The third-order valence-electron chi connectivity index (χ3n) is 2.83. The van der Waals surface area contributed by atoms with Crippen molar-refractivity contribution < 1.29 is 8.78 Å². The summed E-state index contributed by atoms with van der Waals surface area (Å²) in [6, 6.07) is 3.52. The first-order valence-corrected chi connectivity index (χ1v) is 6.92. The van der Waals surface area contributed by atoms with Crippen molar-refractivity contribution in [2.45, 2.75) is 19.8 Å². The Morgan fingerprint density at radius 2 is 1.57 bits per heavy atom. The molecule has 0 unspecified atom stereocenters. The summed E-state index contributed by atoms with van der Waals surface area (Å²) >= 11 is 0. The molecule has 6 heteroatoms. The van der Waals surface area contributed by atoms with Gasteiger partial charge in [-0.3, -0.25) is 4.98 Å². The van der Waals surface area contributed by atoms with Gasteiger partial charge in [0, 0.05) is 19.2 Å². The Kier molecular flexibility index (Phi) is 5.43. The number of hydrogen-bond donors (Lipinski definition) is 2. The topological polar surface area (TPSA) is 49.8 Å². The van der Waals surface area contributed by atoms with Gasteiger partial charge in [-0.15, -0.1) is 0 Å². The van der Waals surface area contributed by atoms with Gasteiger partial charge in [-0.05, 0) is 30.5 Å². The Labute approximate surface area is 122 Å². The second-order valence-corrected chi connectivity index (χ2v) is 4.67. The van der Waals surface area contributed by atoms with Crippen LogP contribution in [-0.4, -0.2) is 23.1 Å². The van der Waals surface area contributed by atoms with Gasteiger partial charge in [0.2, 0.25) is 0 Å². The van der Waals surface area contributed by atoms with Gasteiger partial charge in [-0.25, -0.2) is 13.8 Å². The van der Waals surface area contributed by atoms with Crippen molar-refractivity contribution in [2.75, 3.05) is 23.7 Å². The molecule has 2 rings (SSSR count). The monoisotopic (exact) mass is 292 g/mol. The molecule has 0 saturated heterocycles. The lowest BCUT2D eigenvalue weighted by atomic mass is 10.1. The van der Waals surface area contributed by atoms with E-state index in [0.29, 0.717) is 30.2 Å². The first kappa shape index (κ1) is 15.2. The molecule has 0 aliphatic rings. The van der Waals surface area contributed by atoms with Crippen LogP contribution in [0.1, 0.15) is 18.9 Å². The van der Waals surface area contributed by atoms with E-state index < -0.39 is 11.6 Å². The molecule has 0 saturated carbocycles. The van der Waals surface area contributed by atoms with Crippen molar-refractivity contribution >= 4 is 11.6 Å². The second-order valence-electron chi connectivity index (χ2n) is 4.67. The molecular formula is C15H18F2N4. The van der Waals surface area contributed by atoms with Crippen molar-refractivity contribution in [2.24, 2.45) is 0 Å². The lowest BCUT2D eigenvalue weighted by Gasteiger charge is -2.08. The third kappa shape index (κ3) is 4.98. The second kappa shape index (κ2) is 7.52. The van der Waals surface area contributed by atoms with Crippen LogP contribution >= 0.6 is 0 Å². The van der Waals surface area contributed by atoms with Crippen LogP contribution in [0.2, 0.25) is 0 Å². The summed E-state index contributed by atoms with van der Waals surface area (Å²) in [5, 5.41) is 6.24. The summed E-state index contributed by atoms with van der Waals surface area (Å²) in [5.74, 6) is 0.220. The third-order valence-corrected chi connectivity index (χ3v) is 2.83. The SMILES string of the molecule is CCCNc1cncc(NCCc2cc(F)cc(F)c2)n1. The van der Waals surface area contributed by atoms with Gasteiger partial charge in [-0.2, -0.15) is 0 Å². The molecule has 1 aromatic carbocycles. The Hall–Kier alpha value is -2.24. The van der Waals surface area contributed by atoms with Crippen LogP contribution in [0, 0.1) is 11.6 Å². The molecule has 0 bridgehead atoms. The molecule has 0 spiro atoms. The quantitative estimate of drug-likeness (QED) is 0.822. The lowest BCUT2D eigenvalue weighted by molar-refractivity contribution is 0.580. The van der Waals surface area contributed by atoms with Gasteiger partial charge in [0.25, 0.3) is 0 Å². The van der Waals surface area contributed by atoms with E-state index in [1.165, 1.54) is 12.1 Å². The van der Waals surface area contributed by atoms with E-state index in [4.69, 9.17) is 0 Å². The molecule has 0 atom stereocenters. The normalized spacial score (nSPS) is 10.4. The average Bonchev–Trinajstić information content (AvgIpc) is 2.44. The fourth-order valence-electron chi connectivity index (χ4n) is 1.88. The molecule has 1 aromatic heterocycles. The van der Waals surface area contributed by atoms with E-state index in [2.05, 4.69) is 27.5 Å². The van der Waals surface area contributed by atoms with E-state index >= 15 is 0 Å². The van der Waals surface area contributed by atoms with Crippen LogP contribution in [0.15, 0.2) is 30.6 Å². The van der Waals surface area contributed by atoms with Crippen LogP contribution in [0.25, 0.3) is 0 Å². The number of halogens is 2. The highest BCUT2D eigenvalue weighted by atomic mass is 19.1. The summed E-state index contributed by atoms with van der Waals surface area (Å²) in [7, 11) is 0. The number of benzene rings is 1. The zero-order chi connectivity index (χ0) is 15.1. The molecule has 0 fully saturated rings. The van der Waals surface area contributed by atoms with Crippen LogP contribution < -0.4 is 10.6 Å². The molecule has 0 aliphatic heterocycles. The summed E-state index contributed by atoms with van der Waals surface area (Å²) in [6.45, 7) is 3.43. The number of nitrogens with zero attached hydrogens (tertiary/aromatic N) is 2. The summed E-state index contributed by atoms with van der Waals surface area (Å²) in [6.07, 6.45) is 4.78. The molecule has 112 valence electrons. The average molecular weight is 292 g/mol. The Balaban J connectivity index is 1.88. The minimum absolute atomic E-state index is 0.503. The van der Waals surface area contributed by atoms with Crippen LogP contribution in [0.3, 0.4) is 0 Å². The number of nitrogens with one attached hydrogen (secondary N) is 2. The minimum Gasteiger partial charge on any atom is -0.369 e. The number of hydrogen-bond acceptors (Lipinski definition) is 4. The summed E-state index contributed by atoms with van der Waals surface area (Å²) in [4.78, 5) is 8.43. The molecule has 2 aromatic rings. The van der Waals surface area contributed by atoms with Crippen LogP contribution in [-0.2, 0) is 6.42 Å². The van der Waals surface area contributed by atoms with Crippen LogP contribution in [0.5, 0.6) is 0 Å². The molecule has 0 amide bonds.